The Morgan fingerprint density at radius 2 is 1.63 bits per heavy atom. The van der Waals surface area contributed by atoms with E-state index in [0.717, 1.165) is 40.4 Å². The van der Waals surface area contributed by atoms with E-state index in [1.165, 1.54) is 12.1 Å². The molecule has 2 heterocycles. The van der Waals surface area contributed by atoms with Crippen molar-refractivity contribution in [2.75, 3.05) is 13.7 Å². The Labute approximate surface area is 238 Å². The lowest BCUT2D eigenvalue weighted by Gasteiger charge is -2.46. The molecule has 2 fully saturated rings. The number of imide groups is 1. The number of amides is 2. The molecule has 0 bridgehead atoms. The number of methoxy groups -OCH3 is 1. The van der Waals surface area contributed by atoms with Crippen molar-refractivity contribution in [2.45, 2.75) is 81.3 Å². The number of carbonyl (C=O) groups is 6. The van der Waals surface area contributed by atoms with Crippen LogP contribution in [-0.4, -0.2) is 94.1 Å². The first-order valence-corrected chi connectivity index (χ1v) is 13.6. The summed E-state index contributed by atoms with van der Waals surface area (Å²) in [5.74, 6) is -4.42. The molecule has 7 atom stereocenters. The Morgan fingerprint density at radius 1 is 1.02 bits per heavy atom. The van der Waals surface area contributed by atoms with Gasteiger partial charge in [0.05, 0.1) is 17.9 Å². The number of ether oxygens (including phenoxy) is 6. The van der Waals surface area contributed by atoms with Gasteiger partial charge in [-0.05, 0) is 19.1 Å². The lowest BCUT2D eigenvalue weighted by molar-refractivity contribution is -0.219. The molecule has 1 aromatic carbocycles. The fraction of sp³-hybridized carbons (Fsp3) is 0.538. The van der Waals surface area contributed by atoms with Gasteiger partial charge in [0.2, 0.25) is 10.8 Å². The third kappa shape index (κ3) is 6.73. The van der Waals surface area contributed by atoms with E-state index in [9.17, 15) is 33.0 Å². The van der Waals surface area contributed by atoms with Crippen LogP contribution in [0.5, 0.6) is 0 Å². The average Bonchev–Trinajstić information content (AvgIpc) is 3.23. The molecule has 2 aliphatic rings. The minimum absolute atomic E-state index is 0.159. The van der Waals surface area contributed by atoms with Crippen LogP contribution in [0.25, 0.3) is 0 Å². The molecule has 14 nitrogen and oxygen atoms in total. The third-order valence-corrected chi connectivity index (χ3v) is 8.12. The van der Waals surface area contributed by atoms with E-state index in [1.807, 2.05) is 0 Å². The quantitative estimate of drug-likeness (QED) is 0.290. The van der Waals surface area contributed by atoms with Crippen LogP contribution in [0.4, 0.5) is 4.79 Å². The first kappa shape index (κ1) is 31.7. The van der Waals surface area contributed by atoms with Crippen LogP contribution in [0.3, 0.4) is 0 Å². The van der Waals surface area contributed by atoms with E-state index >= 15 is 0 Å². The van der Waals surface area contributed by atoms with Crippen LogP contribution < -0.4 is 0 Å². The van der Waals surface area contributed by atoms with E-state index in [-0.39, 0.29) is 4.90 Å². The fourth-order valence-electron chi connectivity index (χ4n) is 4.76. The summed E-state index contributed by atoms with van der Waals surface area (Å²) in [5.41, 5.74) is 0.840. The van der Waals surface area contributed by atoms with Crippen LogP contribution in [0.2, 0.25) is 0 Å². The van der Waals surface area contributed by atoms with Crippen molar-refractivity contribution in [3.63, 3.8) is 0 Å². The maximum Gasteiger partial charge on any atom is 0.417 e. The Kier molecular flexibility index (Phi) is 9.86. The second-order valence-electron chi connectivity index (χ2n) is 9.44. The summed E-state index contributed by atoms with van der Waals surface area (Å²) in [5, 5.41) is 0. The molecule has 0 aromatic heterocycles. The zero-order chi connectivity index (χ0) is 30.6. The molecule has 2 amide bonds. The summed E-state index contributed by atoms with van der Waals surface area (Å²) >= 11 is 0. The molecule has 0 radical (unpaired) electrons. The van der Waals surface area contributed by atoms with Crippen LogP contribution in [0.15, 0.2) is 29.2 Å². The van der Waals surface area contributed by atoms with Crippen LogP contribution >= 0.6 is 0 Å². The molecule has 41 heavy (non-hydrogen) atoms. The predicted octanol–water partition coefficient (Wildman–Crippen LogP) is 0.923. The summed E-state index contributed by atoms with van der Waals surface area (Å²) in [6.45, 7) is 5.41. The second kappa shape index (κ2) is 12.8. The molecule has 0 N–H and O–H groups in total. The predicted molar refractivity (Wildman–Crippen MR) is 136 cm³/mol. The number of rotatable bonds is 9. The number of benzene rings is 1. The molecular formula is C26H31NO13S. The largest absolute Gasteiger partial charge is 0.466 e. The number of aryl methyl sites for hydroxylation is 1. The first-order valence-electron chi connectivity index (χ1n) is 12.4. The molecule has 0 spiro atoms. The summed E-state index contributed by atoms with van der Waals surface area (Å²) in [6.07, 6.45) is -7.82. The number of hydrogen-bond donors (Lipinski definition) is 0. The normalized spacial score (nSPS) is 25.6. The van der Waals surface area contributed by atoms with E-state index in [0.29, 0.717) is 4.90 Å². The molecule has 0 saturated carbocycles. The third-order valence-electron chi connectivity index (χ3n) is 6.39. The Bertz CT molecular complexity index is 1250. The molecule has 224 valence electrons. The first-order chi connectivity index (χ1) is 19.2. The van der Waals surface area contributed by atoms with Gasteiger partial charge >= 0.3 is 30.0 Å². The van der Waals surface area contributed by atoms with Gasteiger partial charge in [-0.25, -0.2) is 14.5 Å². The van der Waals surface area contributed by atoms with Gasteiger partial charge in [-0.2, -0.15) is 0 Å². The SMILES string of the molecule is COC(=O)[C@@]1(S(=O)c2ccc(C)cc2)C[C@H]2OC(=O)N(C(C)=O)[C@H]2C([C@H](OC(C)=O)[C@@H](COC(C)=O)OC(C)=O)O1. The highest BCUT2D eigenvalue weighted by Crippen LogP contribution is 2.44. The zero-order valence-electron chi connectivity index (χ0n) is 23.3. The minimum Gasteiger partial charge on any atom is -0.466 e. The van der Waals surface area contributed by atoms with Gasteiger partial charge in [-0.1, -0.05) is 17.7 Å². The molecule has 3 rings (SSSR count). The van der Waals surface area contributed by atoms with Crippen molar-refractivity contribution in [1.29, 1.82) is 0 Å². The molecular weight excluding hydrogens is 566 g/mol. The van der Waals surface area contributed by atoms with Crippen molar-refractivity contribution in [1.82, 2.24) is 4.90 Å². The van der Waals surface area contributed by atoms with E-state index < -0.39 is 95.1 Å². The van der Waals surface area contributed by atoms with Gasteiger partial charge in [0.1, 0.15) is 24.9 Å². The van der Waals surface area contributed by atoms with Crippen molar-refractivity contribution >= 4 is 46.7 Å². The Balaban J connectivity index is 2.24. The maximum absolute atomic E-state index is 14.1. The number of carbonyl (C=O) groups excluding carboxylic acids is 6. The standard InChI is InChI=1S/C26H31NO13S/c1-13-7-9-18(10-8-13)41(34)26(24(32)35-6)11-19-21(27(14(2)28)25(33)39-19)23(40-26)22(38-17(5)31)20(37-16(4)30)12-36-15(3)29/h7-10,19-23H,11-12H2,1-6H3/t19-,20-,21-,22-,23?,26+,41?/m1/s1. The second-order valence-corrected chi connectivity index (χ2v) is 11.1. The summed E-state index contributed by atoms with van der Waals surface area (Å²) in [4.78, 5) is 73.2. The minimum atomic E-state index is -2.34. The molecule has 2 aliphatic heterocycles. The zero-order valence-corrected chi connectivity index (χ0v) is 24.1. The molecule has 2 saturated heterocycles. The summed E-state index contributed by atoms with van der Waals surface area (Å²) < 4.78 is 46.5. The Morgan fingerprint density at radius 3 is 2.15 bits per heavy atom. The van der Waals surface area contributed by atoms with Crippen molar-refractivity contribution < 1.29 is 61.4 Å². The summed E-state index contributed by atoms with van der Waals surface area (Å²) in [6, 6.07) is 4.99. The molecule has 15 heteroatoms. The highest BCUT2D eigenvalue weighted by Gasteiger charge is 2.65. The van der Waals surface area contributed by atoms with Crippen molar-refractivity contribution in [3.8, 4) is 0 Å². The molecule has 0 aliphatic carbocycles. The van der Waals surface area contributed by atoms with Gasteiger partial charge in [0.25, 0.3) is 0 Å². The van der Waals surface area contributed by atoms with Crippen LogP contribution in [0, 0.1) is 6.92 Å². The van der Waals surface area contributed by atoms with Crippen molar-refractivity contribution in [3.05, 3.63) is 29.8 Å². The van der Waals surface area contributed by atoms with Gasteiger partial charge < -0.3 is 28.4 Å². The fourth-order valence-corrected chi connectivity index (χ4v) is 6.27. The Hall–Kier alpha value is -3.85. The van der Waals surface area contributed by atoms with E-state index in [2.05, 4.69) is 0 Å². The lowest BCUT2D eigenvalue weighted by atomic mass is 9.89. The van der Waals surface area contributed by atoms with Crippen molar-refractivity contribution in [2.24, 2.45) is 0 Å². The molecule has 2 unspecified atom stereocenters. The number of fused-ring (bicyclic) bond motifs is 1. The number of hydrogen-bond acceptors (Lipinski definition) is 13. The smallest absolute Gasteiger partial charge is 0.417 e. The highest BCUT2D eigenvalue weighted by atomic mass is 32.2. The summed E-state index contributed by atoms with van der Waals surface area (Å²) in [7, 11) is -1.28. The van der Waals surface area contributed by atoms with Gasteiger partial charge in [-0.15, -0.1) is 0 Å². The van der Waals surface area contributed by atoms with Crippen LogP contribution in [-0.2, 0) is 63.2 Å². The van der Waals surface area contributed by atoms with Gasteiger partial charge in [0.15, 0.2) is 12.2 Å². The lowest BCUT2D eigenvalue weighted by Crippen LogP contribution is -2.67. The van der Waals surface area contributed by atoms with Gasteiger partial charge in [0, 0.05) is 39.0 Å². The monoisotopic (exact) mass is 597 g/mol. The number of esters is 4. The molecule has 1 aromatic rings. The maximum atomic E-state index is 14.1. The average molecular weight is 598 g/mol. The van der Waals surface area contributed by atoms with E-state index in [1.54, 1.807) is 19.1 Å². The number of nitrogens with zero attached hydrogens (tertiary/aromatic N) is 1. The van der Waals surface area contributed by atoms with Crippen LogP contribution in [0.1, 0.15) is 39.7 Å². The van der Waals surface area contributed by atoms with E-state index in [4.69, 9.17) is 28.4 Å². The van der Waals surface area contributed by atoms with Gasteiger partial charge in [-0.3, -0.25) is 23.4 Å². The highest BCUT2D eigenvalue weighted by molar-refractivity contribution is 7.87. The topological polar surface area (TPSA) is 178 Å².